The van der Waals surface area contributed by atoms with Crippen LogP contribution in [0.1, 0.15) is 0 Å². The van der Waals surface area contributed by atoms with Crippen LogP contribution in [0.4, 0.5) is 0 Å². The van der Waals surface area contributed by atoms with E-state index in [1.165, 1.54) is 0 Å². The van der Waals surface area contributed by atoms with Gasteiger partial charge < -0.3 is 104 Å². The predicted octanol–water partition coefficient (Wildman–Crippen LogP) is -9.09. The molecule has 0 aromatic carbocycles. The molecule has 0 spiro atoms. The van der Waals surface area contributed by atoms with Gasteiger partial charge in [0.05, 0.1) is 26.4 Å². The Morgan fingerprint density at radius 2 is 0.783 bits per heavy atom. The van der Waals surface area contributed by atoms with E-state index in [4.69, 9.17) is 37.9 Å². The Morgan fingerprint density at radius 1 is 0.413 bits per heavy atom. The number of hydrogen-bond donors (Lipinski definition) is 13. The smallest absolute Gasteiger partial charge is 0.187 e. The summed E-state index contributed by atoms with van der Waals surface area (Å²) in [6.45, 7) is -3.02. The molecule has 0 amide bonds. The second-order valence-electron chi connectivity index (χ2n) is 11.4. The molecular weight excluding hydrogens is 636 g/mol. The van der Waals surface area contributed by atoms with Gasteiger partial charge in [-0.05, 0) is 0 Å². The molecule has 0 unspecified atom stereocenters. The van der Waals surface area contributed by atoms with E-state index in [2.05, 4.69) is 0 Å². The Bertz CT molecular complexity index is 858. The van der Waals surface area contributed by atoms with Crippen molar-refractivity contribution in [3.8, 4) is 0 Å². The zero-order valence-corrected chi connectivity index (χ0v) is 24.5. The molecule has 21 heteroatoms. The second kappa shape index (κ2) is 16.2. The van der Waals surface area contributed by atoms with Crippen LogP contribution in [0, 0.1) is 0 Å². The van der Waals surface area contributed by atoms with Crippen LogP contribution in [0.5, 0.6) is 0 Å². The molecule has 13 N–H and O–H groups in total. The Labute approximate surface area is 261 Å². The van der Waals surface area contributed by atoms with Gasteiger partial charge in [0.1, 0.15) is 97.7 Å². The van der Waals surface area contributed by atoms with Crippen molar-refractivity contribution in [1.29, 1.82) is 0 Å². The minimum Gasteiger partial charge on any atom is -0.394 e. The van der Waals surface area contributed by atoms with Crippen molar-refractivity contribution < 1.29 is 104 Å². The molecule has 4 aliphatic rings. The molecular formula is C25H44O21. The highest BCUT2D eigenvalue weighted by molar-refractivity contribution is 4.96. The number of rotatable bonds is 11. The Balaban J connectivity index is 1.45. The molecule has 4 heterocycles. The molecule has 0 bridgehead atoms. The Kier molecular flexibility index (Phi) is 13.4. The first-order valence-electron chi connectivity index (χ1n) is 14.5. The number of hydrogen-bond acceptors (Lipinski definition) is 21. The summed E-state index contributed by atoms with van der Waals surface area (Å²) in [5, 5.41) is 133. The van der Waals surface area contributed by atoms with Gasteiger partial charge in [-0.25, -0.2) is 0 Å². The van der Waals surface area contributed by atoms with Gasteiger partial charge in [-0.3, -0.25) is 0 Å². The van der Waals surface area contributed by atoms with Gasteiger partial charge in [0.15, 0.2) is 25.2 Å². The summed E-state index contributed by atoms with van der Waals surface area (Å²) in [5.41, 5.74) is 0. The fourth-order valence-electron chi connectivity index (χ4n) is 5.61. The lowest BCUT2D eigenvalue weighted by atomic mass is 9.96. The van der Waals surface area contributed by atoms with E-state index in [0.29, 0.717) is 0 Å². The zero-order chi connectivity index (χ0) is 34.0. The average molecular weight is 681 g/mol. The van der Waals surface area contributed by atoms with Crippen LogP contribution in [0.25, 0.3) is 0 Å². The number of methoxy groups -OCH3 is 1. The van der Waals surface area contributed by atoms with E-state index in [0.717, 1.165) is 7.11 Å². The molecule has 0 saturated carbocycles. The highest BCUT2D eigenvalue weighted by Crippen LogP contribution is 2.32. The normalized spacial score (nSPS) is 52.0. The summed E-state index contributed by atoms with van der Waals surface area (Å²) in [7, 11) is 1.15. The maximum atomic E-state index is 11.0. The summed E-state index contributed by atoms with van der Waals surface area (Å²) < 4.78 is 43.3. The first-order valence-corrected chi connectivity index (χ1v) is 14.5. The molecule has 4 aliphatic heterocycles. The third-order valence-electron chi connectivity index (χ3n) is 8.40. The third kappa shape index (κ3) is 7.65. The van der Waals surface area contributed by atoms with Crippen molar-refractivity contribution in [2.24, 2.45) is 0 Å². The van der Waals surface area contributed by atoms with Crippen LogP contribution < -0.4 is 0 Å². The van der Waals surface area contributed by atoms with Gasteiger partial charge in [-0.1, -0.05) is 0 Å². The van der Waals surface area contributed by atoms with Crippen LogP contribution in [-0.2, 0) is 37.9 Å². The molecule has 0 radical (unpaired) electrons. The van der Waals surface area contributed by atoms with Crippen molar-refractivity contribution >= 4 is 0 Å². The van der Waals surface area contributed by atoms with Gasteiger partial charge in [0, 0.05) is 7.11 Å². The summed E-state index contributed by atoms with van der Waals surface area (Å²) >= 11 is 0. The molecule has 0 aliphatic carbocycles. The summed E-state index contributed by atoms with van der Waals surface area (Å²) in [6.07, 6.45) is -33.7. The monoisotopic (exact) mass is 680 g/mol. The minimum atomic E-state index is -1.89. The maximum Gasteiger partial charge on any atom is 0.187 e. The third-order valence-corrected chi connectivity index (χ3v) is 8.40. The largest absolute Gasteiger partial charge is 0.394 e. The molecule has 46 heavy (non-hydrogen) atoms. The maximum absolute atomic E-state index is 11.0. The molecule has 0 aromatic heterocycles. The second-order valence-corrected chi connectivity index (χ2v) is 11.4. The van der Waals surface area contributed by atoms with E-state index in [9.17, 15) is 66.4 Å². The molecule has 270 valence electrons. The van der Waals surface area contributed by atoms with Gasteiger partial charge in [-0.15, -0.1) is 0 Å². The van der Waals surface area contributed by atoms with Crippen LogP contribution in [0.3, 0.4) is 0 Å². The van der Waals surface area contributed by atoms with Crippen molar-refractivity contribution in [3.63, 3.8) is 0 Å². The van der Waals surface area contributed by atoms with Gasteiger partial charge >= 0.3 is 0 Å². The summed E-state index contributed by atoms with van der Waals surface area (Å²) in [6, 6.07) is 0. The van der Waals surface area contributed by atoms with Crippen molar-refractivity contribution in [2.75, 3.05) is 33.5 Å². The summed E-state index contributed by atoms with van der Waals surface area (Å²) in [5.74, 6) is 0. The highest BCUT2D eigenvalue weighted by Gasteiger charge is 2.53. The number of aliphatic hydroxyl groups excluding tert-OH is 13. The predicted molar refractivity (Wildman–Crippen MR) is 139 cm³/mol. The molecule has 21 nitrogen and oxygen atoms in total. The lowest BCUT2D eigenvalue weighted by Crippen LogP contribution is -2.66. The first-order chi connectivity index (χ1) is 21.8. The molecule has 4 saturated heterocycles. The van der Waals surface area contributed by atoms with Crippen molar-refractivity contribution in [1.82, 2.24) is 0 Å². The highest BCUT2D eigenvalue weighted by atomic mass is 16.8. The zero-order valence-electron chi connectivity index (χ0n) is 24.5. The van der Waals surface area contributed by atoms with Crippen LogP contribution >= 0.6 is 0 Å². The quantitative estimate of drug-likeness (QED) is 0.0963. The number of aliphatic hydroxyl groups is 13. The lowest BCUT2D eigenvalue weighted by Gasteiger charge is -2.47. The van der Waals surface area contributed by atoms with E-state index < -0.39 is 149 Å². The first kappa shape index (κ1) is 38.0. The molecule has 4 rings (SSSR count). The van der Waals surface area contributed by atoms with Gasteiger partial charge in [0.25, 0.3) is 0 Å². The van der Waals surface area contributed by atoms with E-state index in [-0.39, 0.29) is 0 Å². The Hall–Kier alpha value is -0.840. The van der Waals surface area contributed by atoms with E-state index in [1.807, 2.05) is 0 Å². The molecule has 0 aromatic rings. The lowest BCUT2D eigenvalue weighted by molar-refractivity contribution is -0.372. The van der Waals surface area contributed by atoms with Gasteiger partial charge in [-0.2, -0.15) is 0 Å². The summed E-state index contributed by atoms with van der Waals surface area (Å²) in [4.78, 5) is 0. The molecule has 4 fully saturated rings. The van der Waals surface area contributed by atoms with E-state index >= 15 is 0 Å². The van der Waals surface area contributed by atoms with E-state index in [1.54, 1.807) is 0 Å². The van der Waals surface area contributed by atoms with Crippen LogP contribution in [-0.4, -0.2) is 223 Å². The van der Waals surface area contributed by atoms with Crippen LogP contribution in [0.15, 0.2) is 0 Å². The standard InChI is InChI=1S/C25H44O21/c1-39-22-18(37)21(46-25-17(36)15(34)11(30)7(3-27)43-25)13(32)9(44-22)5-40-23-19(38)20(12(31)8(4-28)41-23)45-24-16(35)14(33)10(29)6(2-26)42-24/h6-38H,2-5H2,1H3/t6-,7-,8-,9-,10-,11-,12-,13-,14+,15+,16+,17+,18+,19+,20+,21+,22+,23+,24-,25-/m1/s1. The van der Waals surface area contributed by atoms with Crippen molar-refractivity contribution in [3.05, 3.63) is 0 Å². The SMILES string of the molecule is CO[C@H]1O[C@H](CO[C@H]2O[C@H](CO)[C@@H](O)[C@H](O[C@H]3O[C@H](CO)[C@@H](O)[C@H](O)[C@@H]3O)[C@@H]2O)[C@@H](O)[C@H](O[C@H]2O[C@H](CO)[C@@H](O)[C@H](O)[C@@H]2O)[C@@H]1O. The van der Waals surface area contributed by atoms with Gasteiger partial charge in [0.2, 0.25) is 0 Å². The fraction of sp³-hybridized carbons (Fsp3) is 1.00. The van der Waals surface area contributed by atoms with Crippen molar-refractivity contribution in [2.45, 2.75) is 123 Å². The fourth-order valence-corrected chi connectivity index (χ4v) is 5.61. The number of ether oxygens (including phenoxy) is 8. The van der Waals surface area contributed by atoms with Crippen LogP contribution in [0.2, 0.25) is 0 Å². The Morgan fingerprint density at radius 3 is 1.22 bits per heavy atom. The topological polar surface area (TPSA) is 337 Å². The molecule has 20 atom stereocenters. The average Bonchev–Trinajstić information content (AvgIpc) is 3.05. The minimum absolute atomic E-state index is 0.648.